The smallest absolute Gasteiger partial charge is 0.255 e. The van der Waals surface area contributed by atoms with Crippen molar-refractivity contribution in [2.45, 2.75) is 6.43 Å². The average Bonchev–Trinajstić information content (AvgIpc) is 2.73. The van der Waals surface area contributed by atoms with Crippen LogP contribution in [0.25, 0.3) is 0 Å². The first kappa shape index (κ1) is 22.4. The molecule has 28 heavy (non-hydrogen) atoms. The van der Waals surface area contributed by atoms with Gasteiger partial charge in [0.1, 0.15) is 0 Å². The number of ketones is 1. The summed E-state index contributed by atoms with van der Waals surface area (Å²) in [4.78, 5) is 33.4. The fraction of sp³-hybridized carbons (Fsp3) is 0.0952. The summed E-state index contributed by atoms with van der Waals surface area (Å²) in [5.41, 5.74) is 1.86. The minimum atomic E-state index is -2.49. The predicted molar refractivity (Wildman–Crippen MR) is 104 cm³/mol. The molecule has 2 amide bonds. The molecule has 0 aliphatic rings. The SMILES string of the molecule is C=CC(=O)NCC(F)F.C=CC(=O)Nc1ccc(C(=O)c2ccccc2)cc1. The number of amides is 2. The molecule has 7 heteroatoms. The molecule has 0 saturated carbocycles. The molecule has 0 atom stereocenters. The van der Waals surface area contributed by atoms with Gasteiger partial charge in [0.15, 0.2) is 5.78 Å². The second-order valence-electron chi connectivity index (χ2n) is 5.31. The Hall–Kier alpha value is -3.61. The molecule has 0 bridgehead atoms. The highest BCUT2D eigenvalue weighted by molar-refractivity contribution is 6.09. The van der Waals surface area contributed by atoms with Crippen molar-refractivity contribution >= 4 is 23.3 Å². The zero-order chi connectivity index (χ0) is 20.9. The maximum atomic E-state index is 12.1. The summed E-state index contributed by atoms with van der Waals surface area (Å²) in [5.74, 6) is -0.889. The van der Waals surface area contributed by atoms with Gasteiger partial charge >= 0.3 is 0 Å². The van der Waals surface area contributed by atoms with E-state index in [0.29, 0.717) is 16.8 Å². The number of nitrogens with one attached hydrogen (secondary N) is 2. The second-order valence-corrected chi connectivity index (χ2v) is 5.31. The van der Waals surface area contributed by atoms with Gasteiger partial charge in [-0.25, -0.2) is 8.78 Å². The summed E-state index contributed by atoms with van der Waals surface area (Å²) in [6.07, 6.45) is -0.348. The van der Waals surface area contributed by atoms with E-state index in [9.17, 15) is 23.2 Å². The monoisotopic (exact) mass is 386 g/mol. The third-order valence-corrected chi connectivity index (χ3v) is 3.25. The largest absolute Gasteiger partial charge is 0.347 e. The van der Waals surface area contributed by atoms with Gasteiger partial charge in [0, 0.05) is 16.8 Å². The van der Waals surface area contributed by atoms with Crippen LogP contribution in [0.3, 0.4) is 0 Å². The molecule has 0 aromatic heterocycles. The standard InChI is InChI=1S/C16H13NO2.C5H7F2NO/c1-2-15(18)17-14-10-8-13(9-11-14)16(19)12-6-4-3-5-7-12;1-2-5(9)8-3-4(6)7/h2-11H,1H2,(H,17,18);2,4H,1,3H2,(H,8,9). The van der Waals surface area contributed by atoms with Crippen LogP contribution in [-0.4, -0.2) is 30.6 Å². The maximum absolute atomic E-state index is 12.1. The summed E-state index contributed by atoms with van der Waals surface area (Å²) in [5, 5.41) is 4.55. The first-order valence-electron chi connectivity index (χ1n) is 8.19. The third-order valence-electron chi connectivity index (χ3n) is 3.25. The highest BCUT2D eigenvalue weighted by atomic mass is 19.3. The molecule has 0 aliphatic carbocycles. The van der Waals surface area contributed by atoms with Crippen molar-refractivity contribution in [3.63, 3.8) is 0 Å². The van der Waals surface area contributed by atoms with Crippen molar-refractivity contribution in [2.75, 3.05) is 11.9 Å². The fourth-order valence-electron chi connectivity index (χ4n) is 1.90. The lowest BCUT2D eigenvalue weighted by atomic mass is 10.0. The Labute approximate surface area is 161 Å². The highest BCUT2D eigenvalue weighted by Gasteiger charge is 2.08. The van der Waals surface area contributed by atoms with Crippen molar-refractivity contribution < 1.29 is 23.2 Å². The highest BCUT2D eigenvalue weighted by Crippen LogP contribution is 2.13. The number of halogens is 2. The van der Waals surface area contributed by atoms with Crippen LogP contribution in [0.1, 0.15) is 15.9 Å². The fourth-order valence-corrected chi connectivity index (χ4v) is 1.90. The molecule has 2 aromatic rings. The van der Waals surface area contributed by atoms with E-state index in [4.69, 9.17) is 0 Å². The van der Waals surface area contributed by atoms with Gasteiger partial charge in [-0.2, -0.15) is 0 Å². The van der Waals surface area contributed by atoms with Crippen molar-refractivity contribution in [3.8, 4) is 0 Å². The Kier molecular flexibility index (Phi) is 9.53. The van der Waals surface area contributed by atoms with E-state index in [-0.39, 0.29) is 11.7 Å². The Balaban J connectivity index is 0.000000370. The minimum absolute atomic E-state index is 0.0396. The minimum Gasteiger partial charge on any atom is -0.347 e. The predicted octanol–water partition coefficient (Wildman–Crippen LogP) is 3.60. The summed E-state index contributed by atoms with van der Waals surface area (Å²) >= 11 is 0. The average molecular weight is 386 g/mol. The zero-order valence-corrected chi connectivity index (χ0v) is 15.0. The van der Waals surface area contributed by atoms with Gasteiger partial charge in [-0.05, 0) is 36.4 Å². The summed E-state index contributed by atoms with van der Waals surface area (Å²) < 4.78 is 22.6. The van der Waals surface area contributed by atoms with Gasteiger partial charge in [-0.15, -0.1) is 0 Å². The Morgan fingerprint density at radius 3 is 1.89 bits per heavy atom. The lowest BCUT2D eigenvalue weighted by molar-refractivity contribution is -0.117. The molecule has 2 aromatic carbocycles. The Morgan fingerprint density at radius 1 is 0.857 bits per heavy atom. The molecule has 2 N–H and O–H groups in total. The van der Waals surface area contributed by atoms with Gasteiger partial charge in [-0.1, -0.05) is 43.5 Å². The molecule has 0 aliphatic heterocycles. The van der Waals surface area contributed by atoms with E-state index in [1.807, 2.05) is 23.5 Å². The van der Waals surface area contributed by atoms with Crippen LogP contribution < -0.4 is 10.6 Å². The summed E-state index contributed by atoms with van der Waals surface area (Å²) in [7, 11) is 0. The van der Waals surface area contributed by atoms with E-state index in [1.165, 1.54) is 6.08 Å². The van der Waals surface area contributed by atoms with Crippen LogP contribution in [0.15, 0.2) is 79.9 Å². The number of anilines is 1. The Bertz CT molecular complexity index is 819. The van der Waals surface area contributed by atoms with Gasteiger partial charge in [0.25, 0.3) is 6.43 Å². The molecule has 0 saturated heterocycles. The van der Waals surface area contributed by atoms with Gasteiger partial charge in [-0.3, -0.25) is 14.4 Å². The van der Waals surface area contributed by atoms with E-state index in [0.717, 1.165) is 6.08 Å². The number of benzene rings is 2. The normalized spacial score (nSPS) is 9.54. The van der Waals surface area contributed by atoms with Crippen LogP contribution in [0.5, 0.6) is 0 Å². The maximum Gasteiger partial charge on any atom is 0.255 e. The van der Waals surface area contributed by atoms with E-state index < -0.39 is 18.9 Å². The van der Waals surface area contributed by atoms with Gasteiger partial charge in [0.2, 0.25) is 11.8 Å². The first-order valence-corrected chi connectivity index (χ1v) is 8.19. The van der Waals surface area contributed by atoms with Crippen LogP contribution in [0.4, 0.5) is 14.5 Å². The molecule has 0 radical (unpaired) electrons. The van der Waals surface area contributed by atoms with Crippen molar-refractivity contribution in [1.29, 1.82) is 0 Å². The molecule has 0 spiro atoms. The molecule has 0 unspecified atom stereocenters. The molecular weight excluding hydrogens is 366 g/mol. The second kappa shape index (κ2) is 11.9. The Morgan fingerprint density at radius 2 is 1.39 bits per heavy atom. The number of rotatable bonds is 7. The topological polar surface area (TPSA) is 75.3 Å². The van der Waals surface area contributed by atoms with E-state index in [1.54, 1.807) is 36.4 Å². The quantitative estimate of drug-likeness (QED) is 0.564. The molecular formula is C21H20F2N2O3. The lowest BCUT2D eigenvalue weighted by Gasteiger charge is -2.04. The van der Waals surface area contributed by atoms with Crippen LogP contribution >= 0.6 is 0 Å². The van der Waals surface area contributed by atoms with E-state index >= 15 is 0 Å². The van der Waals surface area contributed by atoms with E-state index in [2.05, 4.69) is 18.5 Å². The van der Waals surface area contributed by atoms with Crippen LogP contribution in [-0.2, 0) is 9.59 Å². The number of hydrogen-bond donors (Lipinski definition) is 2. The number of carbonyl (C=O) groups is 3. The van der Waals surface area contributed by atoms with Gasteiger partial charge < -0.3 is 10.6 Å². The molecule has 2 rings (SSSR count). The van der Waals surface area contributed by atoms with Crippen molar-refractivity contribution in [2.24, 2.45) is 0 Å². The van der Waals surface area contributed by atoms with Gasteiger partial charge in [0.05, 0.1) is 6.54 Å². The van der Waals surface area contributed by atoms with Crippen molar-refractivity contribution in [3.05, 3.63) is 91.0 Å². The lowest BCUT2D eigenvalue weighted by Crippen LogP contribution is -2.26. The summed E-state index contributed by atoms with van der Waals surface area (Å²) in [6.45, 7) is 5.85. The first-order chi connectivity index (χ1) is 13.4. The molecule has 5 nitrogen and oxygen atoms in total. The number of alkyl halides is 2. The van der Waals surface area contributed by atoms with Crippen LogP contribution in [0.2, 0.25) is 0 Å². The third kappa shape index (κ3) is 8.18. The molecule has 0 fully saturated rings. The van der Waals surface area contributed by atoms with Crippen LogP contribution in [0, 0.1) is 0 Å². The molecule has 146 valence electrons. The summed E-state index contributed by atoms with van der Waals surface area (Å²) in [6, 6.07) is 15.8. The molecule has 0 heterocycles. The number of carbonyl (C=O) groups excluding carboxylic acids is 3. The van der Waals surface area contributed by atoms with Crippen molar-refractivity contribution in [1.82, 2.24) is 5.32 Å². The number of hydrogen-bond acceptors (Lipinski definition) is 3. The zero-order valence-electron chi connectivity index (χ0n) is 15.0.